The predicted molar refractivity (Wildman–Crippen MR) is 61.2 cm³/mol. The van der Waals surface area contributed by atoms with Crippen molar-refractivity contribution in [2.75, 3.05) is 5.32 Å². The molecule has 90 valence electrons. The van der Waals surface area contributed by atoms with E-state index < -0.39 is 6.61 Å². The molecule has 2 N–H and O–H groups in total. The summed E-state index contributed by atoms with van der Waals surface area (Å²) in [5, 5.41) is 3.15. The molecule has 0 amide bonds. The molecular weight excluding hydrogens is 226 g/mol. The minimum Gasteiger partial charge on any atom is -0.435 e. The molecule has 0 saturated carbocycles. The maximum absolute atomic E-state index is 11.9. The number of hydrogen-bond acceptors (Lipinski definition) is 2. The number of nitrogens with one attached hydrogen (secondary N) is 2. The number of halogens is 2. The van der Waals surface area contributed by atoms with E-state index in [-0.39, 0.29) is 5.75 Å². The maximum Gasteiger partial charge on any atom is 0.387 e. The summed E-state index contributed by atoms with van der Waals surface area (Å²) < 4.78 is 28.1. The Balaban J connectivity index is 1.89. The molecule has 5 heteroatoms. The van der Waals surface area contributed by atoms with Gasteiger partial charge in [-0.3, -0.25) is 0 Å². The van der Waals surface area contributed by atoms with E-state index in [2.05, 4.69) is 15.0 Å². The summed E-state index contributed by atoms with van der Waals surface area (Å²) in [5.41, 5.74) is 1.90. The Hall–Kier alpha value is -2.04. The van der Waals surface area contributed by atoms with Crippen LogP contribution in [0.5, 0.6) is 5.75 Å². The average molecular weight is 238 g/mol. The number of anilines is 1. The Kier molecular flexibility index (Phi) is 3.59. The van der Waals surface area contributed by atoms with Crippen LogP contribution in [0.4, 0.5) is 14.5 Å². The molecule has 0 bridgehead atoms. The van der Waals surface area contributed by atoms with Crippen LogP contribution in [0.15, 0.2) is 42.6 Å². The SMILES string of the molecule is FC(F)Oc1ccc(NCc2ccc[nH]2)cc1. The van der Waals surface area contributed by atoms with Gasteiger partial charge < -0.3 is 15.0 Å². The van der Waals surface area contributed by atoms with Crippen LogP contribution in [0.3, 0.4) is 0 Å². The molecule has 0 atom stereocenters. The van der Waals surface area contributed by atoms with Gasteiger partial charge in [0.25, 0.3) is 0 Å². The van der Waals surface area contributed by atoms with Crippen LogP contribution >= 0.6 is 0 Å². The Morgan fingerprint density at radius 2 is 1.94 bits per heavy atom. The van der Waals surface area contributed by atoms with Crippen LogP contribution in [0.1, 0.15) is 5.69 Å². The molecule has 0 saturated heterocycles. The van der Waals surface area contributed by atoms with Crippen molar-refractivity contribution in [3.05, 3.63) is 48.3 Å². The van der Waals surface area contributed by atoms with Crippen molar-refractivity contribution in [3.8, 4) is 5.75 Å². The minimum absolute atomic E-state index is 0.158. The smallest absolute Gasteiger partial charge is 0.387 e. The van der Waals surface area contributed by atoms with Gasteiger partial charge in [-0.15, -0.1) is 0 Å². The van der Waals surface area contributed by atoms with Crippen LogP contribution < -0.4 is 10.1 Å². The molecule has 3 nitrogen and oxygen atoms in total. The summed E-state index contributed by atoms with van der Waals surface area (Å²) in [6, 6.07) is 10.3. The van der Waals surface area contributed by atoms with Crippen molar-refractivity contribution >= 4 is 5.69 Å². The van der Waals surface area contributed by atoms with E-state index in [4.69, 9.17) is 0 Å². The second kappa shape index (κ2) is 5.34. The summed E-state index contributed by atoms with van der Waals surface area (Å²) in [6.45, 7) is -2.13. The highest BCUT2D eigenvalue weighted by atomic mass is 19.3. The third kappa shape index (κ3) is 3.48. The quantitative estimate of drug-likeness (QED) is 0.839. The third-order valence-corrected chi connectivity index (χ3v) is 2.22. The summed E-state index contributed by atoms with van der Waals surface area (Å²) >= 11 is 0. The highest BCUT2D eigenvalue weighted by molar-refractivity contribution is 5.46. The fourth-order valence-corrected chi connectivity index (χ4v) is 1.43. The van der Waals surface area contributed by atoms with Gasteiger partial charge in [-0.2, -0.15) is 8.78 Å². The summed E-state index contributed by atoms with van der Waals surface area (Å²) in [7, 11) is 0. The van der Waals surface area contributed by atoms with Crippen LogP contribution in [-0.4, -0.2) is 11.6 Å². The molecule has 1 aromatic carbocycles. The second-order valence-electron chi connectivity index (χ2n) is 3.45. The Labute approximate surface area is 97.4 Å². The topological polar surface area (TPSA) is 37.0 Å². The molecule has 0 unspecified atom stereocenters. The van der Waals surface area contributed by atoms with Crippen molar-refractivity contribution in [1.29, 1.82) is 0 Å². The highest BCUT2D eigenvalue weighted by Gasteiger charge is 2.03. The van der Waals surface area contributed by atoms with E-state index in [9.17, 15) is 8.78 Å². The van der Waals surface area contributed by atoms with E-state index in [1.54, 1.807) is 12.1 Å². The maximum atomic E-state index is 11.9. The molecule has 0 aliphatic carbocycles. The van der Waals surface area contributed by atoms with Crippen LogP contribution in [-0.2, 0) is 6.54 Å². The Morgan fingerprint density at radius 3 is 2.53 bits per heavy atom. The van der Waals surface area contributed by atoms with Crippen molar-refractivity contribution in [2.45, 2.75) is 13.2 Å². The lowest BCUT2D eigenvalue weighted by Gasteiger charge is -2.07. The number of aromatic nitrogens is 1. The number of H-pyrrole nitrogens is 1. The number of benzene rings is 1. The first-order chi connectivity index (χ1) is 8.24. The largest absolute Gasteiger partial charge is 0.435 e. The highest BCUT2D eigenvalue weighted by Crippen LogP contribution is 2.17. The molecule has 0 fully saturated rings. The lowest BCUT2D eigenvalue weighted by molar-refractivity contribution is -0.0498. The number of hydrogen-bond donors (Lipinski definition) is 2. The molecular formula is C12H12F2N2O. The molecule has 0 aliphatic heterocycles. The Morgan fingerprint density at radius 1 is 1.18 bits per heavy atom. The van der Waals surface area contributed by atoms with Crippen molar-refractivity contribution < 1.29 is 13.5 Å². The summed E-state index contributed by atoms with van der Waals surface area (Å²) in [5.74, 6) is 0.158. The van der Waals surface area contributed by atoms with Gasteiger partial charge in [0.15, 0.2) is 0 Å². The zero-order valence-corrected chi connectivity index (χ0v) is 8.99. The first-order valence-corrected chi connectivity index (χ1v) is 5.15. The first-order valence-electron chi connectivity index (χ1n) is 5.15. The van der Waals surface area contributed by atoms with E-state index in [0.29, 0.717) is 6.54 Å². The van der Waals surface area contributed by atoms with E-state index in [0.717, 1.165) is 11.4 Å². The van der Waals surface area contributed by atoms with Gasteiger partial charge in [-0.25, -0.2) is 0 Å². The molecule has 2 aromatic rings. The van der Waals surface area contributed by atoms with Crippen LogP contribution in [0.2, 0.25) is 0 Å². The van der Waals surface area contributed by atoms with Crippen LogP contribution in [0, 0.1) is 0 Å². The fraction of sp³-hybridized carbons (Fsp3) is 0.167. The number of rotatable bonds is 5. The molecule has 1 aromatic heterocycles. The minimum atomic E-state index is -2.78. The third-order valence-electron chi connectivity index (χ3n) is 2.22. The number of alkyl halides is 2. The monoisotopic (exact) mass is 238 g/mol. The fourth-order valence-electron chi connectivity index (χ4n) is 1.43. The summed E-state index contributed by atoms with van der Waals surface area (Å²) in [6.07, 6.45) is 1.84. The van der Waals surface area contributed by atoms with Gasteiger partial charge in [-0.05, 0) is 36.4 Å². The molecule has 0 spiro atoms. The predicted octanol–water partition coefficient (Wildman–Crippen LogP) is 3.23. The van der Waals surface area contributed by atoms with Gasteiger partial charge in [0, 0.05) is 17.6 Å². The summed E-state index contributed by atoms with van der Waals surface area (Å²) in [4.78, 5) is 3.06. The van der Waals surface area contributed by atoms with Crippen LogP contribution in [0.25, 0.3) is 0 Å². The average Bonchev–Trinajstić information content (AvgIpc) is 2.80. The van der Waals surface area contributed by atoms with Gasteiger partial charge in [0.2, 0.25) is 0 Å². The Bertz CT molecular complexity index is 440. The molecule has 17 heavy (non-hydrogen) atoms. The van der Waals surface area contributed by atoms with Gasteiger partial charge in [0.05, 0.1) is 6.54 Å². The zero-order valence-electron chi connectivity index (χ0n) is 8.99. The molecule has 0 radical (unpaired) electrons. The molecule has 1 heterocycles. The van der Waals surface area contributed by atoms with E-state index in [1.807, 2.05) is 18.3 Å². The zero-order chi connectivity index (χ0) is 12.1. The van der Waals surface area contributed by atoms with Gasteiger partial charge in [0.1, 0.15) is 5.75 Å². The van der Waals surface area contributed by atoms with Gasteiger partial charge in [-0.1, -0.05) is 0 Å². The van der Waals surface area contributed by atoms with Gasteiger partial charge >= 0.3 is 6.61 Å². The normalized spacial score (nSPS) is 10.5. The van der Waals surface area contributed by atoms with Crippen molar-refractivity contribution in [2.24, 2.45) is 0 Å². The first kappa shape index (κ1) is 11.4. The number of ether oxygens (including phenoxy) is 1. The molecule has 2 rings (SSSR count). The van der Waals surface area contributed by atoms with Crippen molar-refractivity contribution in [1.82, 2.24) is 4.98 Å². The van der Waals surface area contributed by atoms with E-state index >= 15 is 0 Å². The number of aromatic amines is 1. The van der Waals surface area contributed by atoms with Crippen molar-refractivity contribution in [3.63, 3.8) is 0 Å². The molecule has 0 aliphatic rings. The van der Waals surface area contributed by atoms with E-state index in [1.165, 1.54) is 12.1 Å². The lowest BCUT2D eigenvalue weighted by atomic mass is 10.3. The second-order valence-corrected chi connectivity index (χ2v) is 3.45. The lowest BCUT2D eigenvalue weighted by Crippen LogP contribution is -2.02. The standard InChI is InChI=1S/C12H12F2N2O/c13-12(14)17-11-5-3-9(4-6-11)16-8-10-2-1-7-15-10/h1-7,12,15-16H,8H2.